The van der Waals surface area contributed by atoms with Crippen molar-refractivity contribution in [2.45, 2.75) is 32.6 Å². The van der Waals surface area contributed by atoms with E-state index in [1.165, 1.54) is 6.42 Å². The Morgan fingerprint density at radius 1 is 1.23 bits per heavy atom. The summed E-state index contributed by atoms with van der Waals surface area (Å²) in [7, 11) is -3.31. The molecule has 1 heterocycles. The minimum absolute atomic E-state index is 0.115. The second-order valence-electron chi connectivity index (χ2n) is 3.33. The van der Waals surface area contributed by atoms with Gasteiger partial charge >= 0.3 is 0 Å². The summed E-state index contributed by atoms with van der Waals surface area (Å²) in [6.45, 7) is 3.31. The monoisotopic (exact) mass is 207 g/mol. The molecule has 1 rings (SSSR count). The van der Waals surface area contributed by atoms with Gasteiger partial charge in [-0.05, 0) is 19.3 Å². The number of hydrogen-bond acceptors (Lipinski definition) is 4. The van der Waals surface area contributed by atoms with Gasteiger partial charge in [-0.15, -0.1) is 0 Å². The van der Waals surface area contributed by atoms with Crippen molar-refractivity contribution in [3.63, 3.8) is 0 Å². The predicted octanol–water partition coefficient (Wildman–Crippen LogP) is 1.14. The van der Waals surface area contributed by atoms with Crippen molar-refractivity contribution in [1.29, 1.82) is 0 Å². The molecule has 78 valence electrons. The summed E-state index contributed by atoms with van der Waals surface area (Å²) in [6, 6.07) is 0. The molecule has 0 radical (unpaired) electrons. The third-order valence-corrected chi connectivity index (χ3v) is 3.33. The van der Waals surface area contributed by atoms with E-state index in [2.05, 4.69) is 0 Å². The minimum atomic E-state index is -3.31. The summed E-state index contributed by atoms with van der Waals surface area (Å²) in [5.74, 6) is 0.115. The number of hydrogen-bond donors (Lipinski definition) is 0. The molecule has 5 heteroatoms. The SMILES string of the molecule is CCCS(=O)(=O)ON1CCCCC1. The molecule has 0 aromatic rings. The fourth-order valence-corrected chi connectivity index (χ4v) is 2.43. The van der Waals surface area contributed by atoms with Crippen LogP contribution in [0.2, 0.25) is 0 Å². The Balaban J connectivity index is 2.37. The van der Waals surface area contributed by atoms with Crippen molar-refractivity contribution in [3.05, 3.63) is 0 Å². The van der Waals surface area contributed by atoms with E-state index in [-0.39, 0.29) is 5.75 Å². The maximum atomic E-state index is 11.2. The topological polar surface area (TPSA) is 46.6 Å². The molecule has 1 aliphatic rings. The number of piperidine rings is 1. The van der Waals surface area contributed by atoms with Crippen LogP contribution in [0.3, 0.4) is 0 Å². The van der Waals surface area contributed by atoms with Gasteiger partial charge in [0.2, 0.25) is 0 Å². The van der Waals surface area contributed by atoms with Crippen LogP contribution in [-0.4, -0.2) is 32.3 Å². The summed E-state index contributed by atoms with van der Waals surface area (Å²) in [5.41, 5.74) is 0. The van der Waals surface area contributed by atoms with Crippen LogP contribution >= 0.6 is 0 Å². The molecule has 0 aromatic carbocycles. The van der Waals surface area contributed by atoms with Gasteiger partial charge in [-0.3, -0.25) is 0 Å². The van der Waals surface area contributed by atoms with E-state index >= 15 is 0 Å². The average Bonchev–Trinajstić information content (AvgIpc) is 2.04. The molecular weight excluding hydrogens is 190 g/mol. The third kappa shape index (κ3) is 4.06. The molecule has 0 aromatic heterocycles. The van der Waals surface area contributed by atoms with Gasteiger partial charge in [0.1, 0.15) is 0 Å². The molecule has 0 bridgehead atoms. The van der Waals surface area contributed by atoms with Gasteiger partial charge in [0.25, 0.3) is 10.1 Å². The molecule has 0 spiro atoms. The molecule has 4 nitrogen and oxygen atoms in total. The van der Waals surface area contributed by atoms with Crippen LogP contribution in [0.5, 0.6) is 0 Å². The minimum Gasteiger partial charge on any atom is -0.198 e. The van der Waals surface area contributed by atoms with Crippen LogP contribution < -0.4 is 0 Å². The highest BCUT2D eigenvalue weighted by atomic mass is 32.2. The normalized spacial score (nSPS) is 20.4. The summed E-state index contributed by atoms with van der Waals surface area (Å²) in [6.07, 6.45) is 3.84. The van der Waals surface area contributed by atoms with Crippen molar-refractivity contribution < 1.29 is 12.7 Å². The number of nitrogens with zero attached hydrogens (tertiary/aromatic N) is 1. The highest BCUT2D eigenvalue weighted by molar-refractivity contribution is 7.86. The third-order valence-electron chi connectivity index (χ3n) is 1.99. The zero-order valence-corrected chi connectivity index (χ0v) is 8.85. The lowest BCUT2D eigenvalue weighted by molar-refractivity contribution is -0.0653. The molecule has 0 saturated carbocycles. The molecule has 0 amide bonds. The van der Waals surface area contributed by atoms with Gasteiger partial charge < -0.3 is 0 Å². The smallest absolute Gasteiger partial charge is 0.198 e. The Hall–Kier alpha value is -0.130. The first-order chi connectivity index (χ1) is 6.14. The van der Waals surface area contributed by atoms with E-state index in [1.54, 1.807) is 5.06 Å². The van der Waals surface area contributed by atoms with Crippen molar-refractivity contribution >= 4 is 10.1 Å². The van der Waals surface area contributed by atoms with Crippen LogP contribution in [0.4, 0.5) is 0 Å². The van der Waals surface area contributed by atoms with Crippen LogP contribution in [0.25, 0.3) is 0 Å². The molecule has 13 heavy (non-hydrogen) atoms. The lowest BCUT2D eigenvalue weighted by atomic mass is 10.2. The average molecular weight is 207 g/mol. The molecule has 1 aliphatic heterocycles. The lowest BCUT2D eigenvalue weighted by Crippen LogP contribution is -2.33. The summed E-state index contributed by atoms with van der Waals surface area (Å²) >= 11 is 0. The maximum Gasteiger partial charge on any atom is 0.283 e. The van der Waals surface area contributed by atoms with Crippen molar-refractivity contribution in [2.24, 2.45) is 0 Å². The zero-order valence-electron chi connectivity index (χ0n) is 8.03. The Morgan fingerprint density at radius 3 is 2.38 bits per heavy atom. The van der Waals surface area contributed by atoms with Crippen LogP contribution in [0.1, 0.15) is 32.6 Å². The van der Waals surface area contributed by atoms with Crippen molar-refractivity contribution in [2.75, 3.05) is 18.8 Å². The molecule has 0 atom stereocenters. The van der Waals surface area contributed by atoms with Gasteiger partial charge in [-0.25, -0.2) is 0 Å². The number of hydroxylamine groups is 2. The predicted molar refractivity (Wildman–Crippen MR) is 50.6 cm³/mol. The first-order valence-corrected chi connectivity index (χ1v) is 6.39. The van der Waals surface area contributed by atoms with E-state index in [0.29, 0.717) is 6.42 Å². The Bertz CT molecular complexity index is 232. The summed E-state index contributed by atoms with van der Waals surface area (Å²) in [5, 5.41) is 1.56. The highest BCUT2D eigenvalue weighted by Crippen LogP contribution is 2.11. The zero-order chi connectivity index (χ0) is 9.73. The molecule has 1 saturated heterocycles. The fraction of sp³-hybridized carbons (Fsp3) is 1.00. The highest BCUT2D eigenvalue weighted by Gasteiger charge is 2.18. The van der Waals surface area contributed by atoms with E-state index in [1.807, 2.05) is 6.92 Å². The first-order valence-electron chi connectivity index (χ1n) is 4.81. The molecular formula is C8H17NO3S. The summed E-state index contributed by atoms with van der Waals surface area (Å²) < 4.78 is 27.4. The van der Waals surface area contributed by atoms with Gasteiger partial charge in [0.05, 0.1) is 5.75 Å². The Morgan fingerprint density at radius 2 is 1.85 bits per heavy atom. The van der Waals surface area contributed by atoms with E-state index in [4.69, 9.17) is 4.28 Å². The summed E-state index contributed by atoms with van der Waals surface area (Å²) in [4.78, 5) is 0. The van der Waals surface area contributed by atoms with Gasteiger partial charge in [-0.1, -0.05) is 13.3 Å². The largest absolute Gasteiger partial charge is 0.283 e. The van der Waals surface area contributed by atoms with Crippen LogP contribution in [0, 0.1) is 0 Å². The Labute approximate surface area is 79.9 Å². The molecule has 0 N–H and O–H groups in total. The van der Waals surface area contributed by atoms with Gasteiger partial charge in [-0.2, -0.15) is 17.8 Å². The first kappa shape index (κ1) is 10.9. The standard InChI is InChI=1S/C8H17NO3S/c1-2-8-13(10,11)12-9-6-4-3-5-7-9/h2-8H2,1H3. The van der Waals surface area contributed by atoms with Crippen molar-refractivity contribution in [1.82, 2.24) is 5.06 Å². The number of rotatable bonds is 4. The van der Waals surface area contributed by atoms with E-state index < -0.39 is 10.1 Å². The van der Waals surface area contributed by atoms with E-state index in [9.17, 15) is 8.42 Å². The van der Waals surface area contributed by atoms with Gasteiger partial charge in [0.15, 0.2) is 0 Å². The molecule has 0 unspecified atom stereocenters. The van der Waals surface area contributed by atoms with Crippen molar-refractivity contribution in [3.8, 4) is 0 Å². The quantitative estimate of drug-likeness (QED) is 0.693. The second-order valence-corrected chi connectivity index (χ2v) is 5.00. The lowest BCUT2D eigenvalue weighted by Gasteiger charge is -2.24. The van der Waals surface area contributed by atoms with Gasteiger partial charge in [0, 0.05) is 13.1 Å². The maximum absolute atomic E-state index is 11.2. The second kappa shape index (κ2) is 4.93. The fourth-order valence-electron chi connectivity index (χ4n) is 1.39. The Kier molecular flexibility index (Phi) is 4.15. The van der Waals surface area contributed by atoms with Crippen LogP contribution in [0.15, 0.2) is 0 Å². The van der Waals surface area contributed by atoms with E-state index in [0.717, 1.165) is 25.9 Å². The van der Waals surface area contributed by atoms with Crippen LogP contribution in [-0.2, 0) is 14.4 Å². The molecule has 0 aliphatic carbocycles. The molecule has 1 fully saturated rings.